The molecule has 88 valence electrons. The van der Waals surface area contributed by atoms with E-state index in [4.69, 9.17) is 0 Å². The van der Waals surface area contributed by atoms with Crippen LogP contribution in [0.4, 0.5) is 4.39 Å². The summed E-state index contributed by atoms with van der Waals surface area (Å²) in [6, 6.07) is 0. The Labute approximate surface area is 95.8 Å². The van der Waals surface area contributed by atoms with Crippen LogP contribution in [0.5, 0.6) is 0 Å². The van der Waals surface area contributed by atoms with E-state index < -0.39 is 5.60 Å². The van der Waals surface area contributed by atoms with Crippen molar-refractivity contribution in [1.29, 1.82) is 0 Å². The van der Waals surface area contributed by atoms with E-state index in [9.17, 15) is 9.50 Å². The summed E-state index contributed by atoms with van der Waals surface area (Å²) in [4.78, 5) is 2.21. The maximum Gasteiger partial charge on any atom is 0.122 e. The quantitative estimate of drug-likeness (QED) is 0.735. The lowest BCUT2D eigenvalue weighted by atomic mass is 9.79. The summed E-state index contributed by atoms with van der Waals surface area (Å²) < 4.78 is 13.0. The lowest BCUT2D eigenvalue weighted by molar-refractivity contribution is -0.0357. The van der Waals surface area contributed by atoms with E-state index in [0.29, 0.717) is 0 Å². The minimum Gasteiger partial charge on any atom is -0.389 e. The molecule has 3 heteroatoms. The van der Waals surface area contributed by atoms with Gasteiger partial charge in [0.05, 0.1) is 5.60 Å². The van der Waals surface area contributed by atoms with Crippen molar-refractivity contribution in [2.24, 2.45) is 5.92 Å². The van der Waals surface area contributed by atoms with Gasteiger partial charge in [-0.2, -0.15) is 0 Å². The van der Waals surface area contributed by atoms with Crippen LogP contribution in [-0.2, 0) is 0 Å². The number of piperidine rings is 1. The van der Waals surface area contributed by atoms with Crippen LogP contribution >= 0.6 is 0 Å². The van der Waals surface area contributed by atoms with Crippen molar-refractivity contribution >= 4 is 0 Å². The van der Waals surface area contributed by atoms with Gasteiger partial charge in [0.1, 0.15) is 5.83 Å². The van der Waals surface area contributed by atoms with Crippen molar-refractivity contribution in [3.63, 3.8) is 0 Å². The monoisotopic (exact) mass is 223 g/mol. The Hall–Kier alpha value is -0.930. The number of nitrogens with zero attached hydrogens (tertiary/aromatic N) is 1. The third-order valence-electron chi connectivity index (χ3n) is 3.51. The number of hydrogen-bond donors (Lipinski definition) is 1. The van der Waals surface area contributed by atoms with Crippen LogP contribution in [0.3, 0.4) is 0 Å². The Bertz CT molecular complexity index is 338. The highest BCUT2D eigenvalue weighted by Gasteiger charge is 2.36. The summed E-state index contributed by atoms with van der Waals surface area (Å²) in [6.45, 7) is 1.79. The molecular formula is C13H18FNO. The zero-order valence-corrected chi connectivity index (χ0v) is 9.56. The van der Waals surface area contributed by atoms with Crippen molar-refractivity contribution in [3.8, 4) is 0 Å². The maximum atomic E-state index is 13.0. The first-order chi connectivity index (χ1) is 7.60. The molecule has 1 fully saturated rings. The molecule has 2 aliphatic rings. The number of hydrogen-bond acceptors (Lipinski definition) is 2. The van der Waals surface area contributed by atoms with Crippen molar-refractivity contribution < 1.29 is 9.50 Å². The van der Waals surface area contributed by atoms with Gasteiger partial charge >= 0.3 is 0 Å². The molecule has 1 aliphatic heterocycles. The molecule has 2 rings (SSSR count). The molecule has 1 heterocycles. The zero-order valence-electron chi connectivity index (χ0n) is 9.56. The Morgan fingerprint density at radius 3 is 2.75 bits per heavy atom. The van der Waals surface area contributed by atoms with E-state index in [1.54, 1.807) is 12.2 Å². The van der Waals surface area contributed by atoms with Gasteiger partial charge in [-0.1, -0.05) is 18.2 Å². The van der Waals surface area contributed by atoms with Crippen LogP contribution in [0.2, 0.25) is 0 Å². The van der Waals surface area contributed by atoms with Crippen LogP contribution in [0, 0.1) is 5.92 Å². The molecule has 0 spiro atoms. The normalized spacial score (nSPS) is 29.9. The molecule has 1 N–H and O–H groups in total. The average molecular weight is 223 g/mol. The number of halogens is 1. The van der Waals surface area contributed by atoms with E-state index in [0.717, 1.165) is 25.9 Å². The number of rotatable bonds is 1. The standard InChI is InChI=1S/C13H18FNO/c1-15-9-7-13(16,8-10-15)11-3-2-4-12(14)6-5-11/h2-6,11,16H,7-10H2,1H3. The third-order valence-corrected chi connectivity index (χ3v) is 3.51. The first-order valence-electron chi connectivity index (χ1n) is 5.73. The highest BCUT2D eigenvalue weighted by atomic mass is 19.1. The molecule has 1 saturated heterocycles. The fourth-order valence-corrected chi connectivity index (χ4v) is 2.28. The first kappa shape index (κ1) is 11.6. The van der Waals surface area contributed by atoms with Crippen LogP contribution in [0.1, 0.15) is 12.8 Å². The van der Waals surface area contributed by atoms with Gasteiger partial charge in [-0.15, -0.1) is 0 Å². The van der Waals surface area contributed by atoms with Gasteiger partial charge in [0.2, 0.25) is 0 Å². The summed E-state index contributed by atoms with van der Waals surface area (Å²) in [6.07, 6.45) is 9.69. The molecule has 0 aromatic rings. The molecule has 16 heavy (non-hydrogen) atoms. The van der Waals surface area contributed by atoms with Gasteiger partial charge in [0.15, 0.2) is 0 Å². The van der Waals surface area contributed by atoms with E-state index >= 15 is 0 Å². The Morgan fingerprint density at radius 1 is 1.38 bits per heavy atom. The van der Waals surface area contributed by atoms with Gasteiger partial charge in [-0.25, -0.2) is 4.39 Å². The van der Waals surface area contributed by atoms with Gasteiger partial charge in [-0.05, 0) is 32.0 Å². The Morgan fingerprint density at radius 2 is 2.06 bits per heavy atom. The SMILES string of the molecule is CN1CCC(O)(C2C=CC=C(F)C=C2)CC1. The predicted octanol–water partition coefficient (Wildman–Crippen LogP) is 2.04. The van der Waals surface area contributed by atoms with Crippen LogP contribution < -0.4 is 0 Å². The first-order valence-corrected chi connectivity index (χ1v) is 5.73. The second kappa shape index (κ2) is 4.52. The van der Waals surface area contributed by atoms with Crippen molar-refractivity contribution in [3.05, 3.63) is 36.2 Å². The number of allylic oxidation sites excluding steroid dienone is 4. The molecule has 2 nitrogen and oxygen atoms in total. The van der Waals surface area contributed by atoms with Crippen LogP contribution in [-0.4, -0.2) is 35.7 Å². The Kier molecular flexibility index (Phi) is 3.26. The van der Waals surface area contributed by atoms with E-state index in [2.05, 4.69) is 11.9 Å². The zero-order chi connectivity index (χ0) is 11.6. The maximum absolute atomic E-state index is 13.0. The molecule has 0 amide bonds. The second-order valence-corrected chi connectivity index (χ2v) is 4.73. The number of aliphatic hydroxyl groups is 1. The second-order valence-electron chi connectivity index (χ2n) is 4.73. The summed E-state index contributed by atoms with van der Waals surface area (Å²) >= 11 is 0. The van der Waals surface area contributed by atoms with Crippen molar-refractivity contribution in [2.75, 3.05) is 20.1 Å². The molecular weight excluding hydrogens is 205 g/mol. The summed E-state index contributed by atoms with van der Waals surface area (Å²) in [5.41, 5.74) is -0.710. The van der Waals surface area contributed by atoms with Crippen LogP contribution in [0.15, 0.2) is 36.2 Å². The summed E-state index contributed by atoms with van der Waals surface area (Å²) in [5, 5.41) is 10.6. The molecule has 1 aliphatic carbocycles. The molecule has 1 unspecified atom stereocenters. The molecule has 1 atom stereocenters. The lowest BCUT2D eigenvalue weighted by Gasteiger charge is -2.39. The summed E-state index contributed by atoms with van der Waals surface area (Å²) in [7, 11) is 2.06. The molecule has 0 radical (unpaired) electrons. The van der Waals surface area contributed by atoms with Gasteiger partial charge in [0, 0.05) is 19.0 Å². The predicted molar refractivity (Wildman–Crippen MR) is 62.6 cm³/mol. The average Bonchev–Trinajstić information content (AvgIpc) is 2.48. The van der Waals surface area contributed by atoms with Crippen LogP contribution in [0.25, 0.3) is 0 Å². The smallest absolute Gasteiger partial charge is 0.122 e. The third kappa shape index (κ3) is 2.42. The minimum absolute atomic E-state index is 0.0781. The highest BCUT2D eigenvalue weighted by molar-refractivity contribution is 5.26. The fraction of sp³-hybridized carbons (Fsp3) is 0.538. The number of likely N-dealkylation sites (tertiary alicyclic amines) is 1. The molecule has 0 aromatic heterocycles. The largest absolute Gasteiger partial charge is 0.389 e. The Balaban J connectivity index is 2.10. The van der Waals surface area contributed by atoms with Gasteiger partial charge in [-0.3, -0.25) is 0 Å². The molecule has 0 bridgehead atoms. The lowest BCUT2D eigenvalue weighted by Crippen LogP contribution is -2.46. The van der Waals surface area contributed by atoms with Crippen molar-refractivity contribution in [2.45, 2.75) is 18.4 Å². The minimum atomic E-state index is -0.710. The summed E-state index contributed by atoms with van der Waals surface area (Å²) in [5.74, 6) is -0.332. The fourth-order valence-electron chi connectivity index (χ4n) is 2.28. The van der Waals surface area contributed by atoms with E-state index in [1.807, 2.05) is 6.08 Å². The van der Waals surface area contributed by atoms with Crippen molar-refractivity contribution in [1.82, 2.24) is 4.90 Å². The topological polar surface area (TPSA) is 23.5 Å². The van der Waals surface area contributed by atoms with Gasteiger partial charge in [0.25, 0.3) is 0 Å². The van der Waals surface area contributed by atoms with E-state index in [1.165, 1.54) is 12.2 Å². The molecule has 0 aromatic carbocycles. The van der Waals surface area contributed by atoms with Gasteiger partial charge < -0.3 is 10.0 Å². The van der Waals surface area contributed by atoms with E-state index in [-0.39, 0.29) is 11.7 Å². The molecule has 0 saturated carbocycles. The highest BCUT2D eigenvalue weighted by Crippen LogP contribution is 2.32.